The van der Waals surface area contributed by atoms with Gasteiger partial charge < -0.3 is 16.0 Å². The van der Waals surface area contributed by atoms with Crippen LogP contribution in [-0.4, -0.2) is 34.3 Å². The number of nitrogens with one attached hydrogen (secondary N) is 2. The van der Waals surface area contributed by atoms with Crippen molar-refractivity contribution in [2.45, 2.75) is 32.4 Å². The first-order chi connectivity index (χ1) is 13.5. The summed E-state index contributed by atoms with van der Waals surface area (Å²) in [5, 5.41) is 4.01. The number of anilines is 1. The van der Waals surface area contributed by atoms with E-state index in [9.17, 15) is 9.59 Å². The van der Waals surface area contributed by atoms with Crippen molar-refractivity contribution in [3.8, 4) is 0 Å². The van der Waals surface area contributed by atoms with E-state index in [1.807, 2.05) is 55.5 Å². The first-order valence-electron chi connectivity index (χ1n) is 9.53. The molecule has 1 fully saturated rings. The van der Waals surface area contributed by atoms with Crippen LogP contribution in [0.15, 0.2) is 48.5 Å². The summed E-state index contributed by atoms with van der Waals surface area (Å²) in [4.78, 5) is 29.7. The number of aromatic nitrogens is 1. The van der Waals surface area contributed by atoms with Gasteiger partial charge in [-0.1, -0.05) is 30.3 Å². The van der Waals surface area contributed by atoms with Gasteiger partial charge in [0.2, 0.25) is 5.91 Å². The fraction of sp³-hybridized carbons (Fsp3) is 0.273. The maximum atomic E-state index is 12.8. The second-order valence-corrected chi connectivity index (χ2v) is 7.42. The van der Waals surface area contributed by atoms with Crippen molar-refractivity contribution in [3.63, 3.8) is 0 Å². The van der Waals surface area contributed by atoms with Crippen LogP contribution in [-0.2, 0) is 11.3 Å². The third kappa shape index (κ3) is 3.64. The number of likely N-dealkylation sites (tertiary alicyclic amines) is 1. The molecule has 1 atom stereocenters. The van der Waals surface area contributed by atoms with Gasteiger partial charge in [0.05, 0.1) is 6.04 Å². The molecule has 2 amide bonds. The molecule has 1 aliphatic rings. The highest BCUT2D eigenvalue weighted by Gasteiger charge is 2.29. The number of aromatic amines is 1. The molecule has 1 unspecified atom stereocenters. The summed E-state index contributed by atoms with van der Waals surface area (Å²) < 4.78 is 0. The molecule has 2 aromatic carbocycles. The largest absolute Gasteiger partial charge is 0.368 e. The standard InChI is InChI=1S/C22H24N4O2/c1-14-8-9-15-12-19(24-18(15)11-14)22(28)25-17-6-3-2-5-16(17)13-26-10-4-7-20(26)21(23)27/h2-3,5-6,8-9,11-12,20,24H,4,7,10,13H2,1H3,(H2,23,27)(H,25,28). The van der Waals surface area contributed by atoms with Crippen LogP contribution in [0.25, 0.3) is 10.9 Å². The van der Waals surface area contributed by atoms with E-state index in [0.717, 1.165) is 47.1 Å². The maximum absolute atomic E-state index is 12.8. The number of fused-ring (bicyclic) bond motifs is 1. The van der Waals surface area contributed by atoms with Gasteiger partial charge in [-0.05, 0) is 55.6 Å². The molecule has 0 saturated carbocycles. The monoisotopic (exact) mass is 376 g/mol. The highest BCUT2D eigenvalue weighted by molar-refractivity contribution is 6.06. The van der Waals surface area contributed by atoms with E-state index in [1.165, 1.54) is 0 Å². The summed E-state index contributed by atoms with van der Waals surface area (Å²) in [5.74, 6) is -0.471. The Morgan fingerprint density at radius 2 is 2.04 bits per heavy atom. The number of carbonyl (C=O) groups is 2. The number of nitrogens with zero attached hydrogens (tertiary/aromatic N) is 1. The molecule has 28 heavy (non-hydrogen) atoms. The minimum atomic E-state index is -0.285. The lowest BCUT2D eigenvalue weighted by Gasteiger charge is -2.23. The third-order valence-corrected chi connectivity index (χ3v) is 5.35. The average molecular weight is 376 g/mol. The molecule has 2 heterocycles. The van der Waals surface area contributed by atoms with E-state index in [-0.39, 0.29) is 17.9 Å². The number of hydrogen-bond acceptors (Lipinski definition) is 3. The summed E-state index contributed by atoms with van der Waals surface area (Å²) >= 11 is 0. The number of rotatable bonds is 5. The Morgan fingerprint density at radius 3 is 2.86 bits per heavy atom. The molecule has 0 aliphatic carbocycles. The van der Waals surface area contributed by atoms with Gasteiger partial charge in [-0.25, -0.2) is 0 Å². The zero-order chi connectivity index (χ0) is 19.7. The number of aryl methyl sites for hydroxylation is 1. The fourth-order valence-corrected chi connectivity index (χ4v) is 3.89. The Bertz CT molecular complexity index is 1040. The number of primary amides is 1. The Labute approximate surface area is 163 Å². The first kappa shape index (κ1) is 18.3. The van der Waals surface area contributed by atoms with Crippen molar-refractivity contribution in [2.75, 3.05) is 11.9 Å². The normalized spacial score (nSPS) is 17.1. The summed E-state index contributed by atoms with van der Waals surface area (Å²) in [6.45, 7) is 3.43. The Kier molecular flexibility index (Phi) is 4.88. The van der Waals surface area contributed by atoms with Crippen LogP contribution in [0.1, 0.15) is 34.5 Å². The maximum Gasteiger partial charge on any atom is 0.272 e. The lowest BCUT2D eigenvalue weighted by Crippen LogP contribution is -2.39. The summed E-state index contributed by atoms with van der Waals surface area (Å²) in [5.41, 5.74) is 9.85. The molecule has 1 saturated heterocycles. The predicted octanol–water partition coefficient (Wildman–Crippen LogP) is 3.18. The van der Waals surface area contributed by atoms with Crippen molar-refractivity contribution in [2.24, 2.45) is 5.73 Å². The second kappa shape index (κ2) is 7.48. The van der Waals surface area contributed by atoms with Crippen molar-refractivity contribution in [1.82, 2.24) is 9.88 Å². The highest BCUT2D eigenvalue weighted by atomic mass is 16.2. The summed E-state index contributed by atoms with van der Waals surface area (Å²) in [6, 6.07) is 15.4. The van der Waals surface area contributed by atoms with Crippen LogP contribution in [0.4, 0.5) is 5.69 Å². The second-order valence-electron chi connectivity index (χ2n) is 7.42. The van der Waals surface area contributed by atoms with Crippen LogP contribution < -0.4 is 11.1 Å². The van der Waals surface area contributed by atoms with Crippen LogP contribution in [0.2, 0.25) is 0 Å². The fourth-order valence-electron chi connectivity index (χ4n) is 3.89. The van der Waals surface area contributed by atoms with Gasteiger partial charge in [-0.3, -0.25) is 14.5 Å². The van der Waals surface area contributed by atoms with Crippen LogP contribution >= 0.6 is 0 Å². The Morgan fingerprint density at radius 1 is 1.21 bits per heavy atom. The van der Waals surface area contributed by atoms with E-state index in [1.54, 1.807) is 0 Å². The molecular weight excluding hydrogens is 352 g/mol. The molecule has 4 rings (SSSR count). The quantitative estimate of drug-likeness (QED) is 0.639. The lowest BCUT2D eigenvalue weighted by atomic mass is 10.1. The first-order valence-corrected chi connectivity index (χ1v) is 9.53. The highest BCUT2D eigenvalue weighted by Crippen LogP contribution is 2.24. The van der Waals surface area contributed by atoms with Crippen LogP contribution in [0.3, 0.4) is 0 Å². The van der Waals surface area contributed by atoms with Crippen LogP contribution in [0, 0.1) is 6.92 Å². The molecule has 3 aromatic rings. The SMILES string of the molecule is Cc1ccc2cc(C(=O)Nc3ccccc3CN3CCCC3C(N)=O)[nH]c2c1. The van der Waals surface area contributed by atoms with Crippen molar-refractivity contribution in [1.29, 1.82) is 0 Å². The lowest BCUT2D eigenvalue weighted by molar-refractivity contribution is -0.122. The van der Waals surface area contributed by atoms with Gasteiger partial charge >= 0.3 is 0 Å². The van der Waals surface area contributed by atoms with Gasteiger partial charge in [-0.2, -0.15) is 0 Å². The summed E-state index contributed by atoms with van der Waals surface area (Å²) in [7, 11) is 0. The molecular formula is C22H24N4O2. The van der Waals surface area contributed by atoms with E-state index in [0.29, 0.717) is 12.2 Å². The molecule has 6 heteroatoms. The Balaban J connectivity index is 1.54. The molecule has 144 valence electrons. The molecule has 0 spiro atoms. The predicted molar refractivity (Wildman–Crippen MR) is 110 cm³/mol. The number of carbonyl (C=O) groups excluding carboxylic acids is 2. The van der Waals surface area contributed by atoms with E-state index in [2.05, 4.69) is 15.2 Å². The number of nitrogens with two attached hydrogens (primary N) is 1. The Hall–Kier alpha value is -3.12. The number of amides is 2. The zero-order valence-corrected chi connectivity index (χ0v) is 15.9. The van der Waals surface area contributed by atoms with Gasteiger partial charge in [-0.15, -0.1) is 0 Å². The van der Waals surface area contributed by atoms with E-state index < -0.39 is 0 Å². The minimum Gasteiger partial charge on any atom is -0.368 e. The van der Waals surface area contributed by atoms with Crippen LogP contribution in [0.5, 0.6) is 0 Å². The molecule has 0 radical (unpaired) electrons. The number of para-hydroxylation sites is 1. The molecule has 6 nitrogen and oxygen atoms in total. The molecule has 1 aromatic heterocycles. The summed E-state index contributed by atoms with van der Waals surface area (Å²) in [6.07, 6.45) is 1.74. The molecule has 4 N–H and O–H groups in total. The molecule has 0 bridgehead atoms. The third-order valence-electron chi connectivity index (χ3n) is 5.35. The van der Waals surface area contributed by atoms with Gasteiger partial charge in [0.15, 0.2) is 0 Å². The average Bonchev–Trinajstić information content (AvgIpc) is 3.29. The van der Waals surface area contributed by atoms with Crippen molar-refractivity contribution < 1.29 is 9.59 Å². The smallest absolute Gasteiger partial charge is 0.272 e. The number of H-pyrrole nitrogens is 1. The number of benzene rings is 2. The topological polar surface area (TPSA) is 91.2 Å². The van der Waals surface area contributed by atoms with Gasteiger partial charge in [0.25, 0.3) is 5.91 Å². The zero-order valence-electron chi connectivity index (χ0n) is 15.9. The molecule has 1 aliphatic heterocycles. The van der Waals surface area contributed by atoms with Gasteiger partial charge in [0, 0.05) is 23.1 Å². The number of hydrogen-bond donors (Lipinski definition) is 3. The van der Waals surface area contributed by atoms with Gasteiger partial charge in [0.1, 0.15) is 5.69 Å². The van der Waals surface area contributed by atoms with E-state index >= 15 is 0 Å². The van der Waals surface area contributed by atoms with E-state index in [4.69, 9.17) is 5.73 Å². The van der Waals surface area contributed by atoms with Crippen molar-refractivity contribution >= 4 is 28.4 Å². The van der Waals surface area contributed by atoms with Crippen molar-refractivity contribution in [3.05, 3.63) is 65.4 Å². The minimum absolute atomic E-state index is 0.186.